The van der Waals surface area contributed by atoms with Crippen molar-refractivity contribution in [2.24, 2.45) is 5.92 Å². The maximum absolute atomic E-state index is 12.9. The molecule has 4 rings (SSSR count). The molecule has 2 amide bonds. The lowest BCUT2D eigenvalue weighted by Gasteiger charge is -2.36. The van der Waals surface area contributed by atoms with Crippen LogP contribution in [0.25, 0.3) is 0 Å². The second-order valence-electron chi connectivity index (χ2n) is 9.06. The minimum atomic E-state index is -0.248. The van der Waals surface area contributed by atoms with E-state index in [2.05, 4.69) is 16.3 Å². The third-order valence-corrected chi connectivity index (χ3v) is 6.65. The van der Waals surface area contributed by atoms with Gasteiger partial charge in [0.15, 0.2) is 0 Å². The Balaban J connectivity index is 1.53. The molecule has 0 bridgehead atoms. The number of allylic oxidation sites excluding steroid dienone is 1. The van der Waals surface area contributed by atoms with Crippen molar-refractivity contribution >= 4 is 17.6 Å². The van der Waals surface area contributed by atoms with Crippen LogP contribution in [0.1, 0.15) is 48.5 Å². The number of nitrogens with zero attached hydrogens (tertiary/aromatic N) is 4. The summed E-state index contributed by atoms with van der Waals surface area (Å²) < 4.78 is 5.15. The number of pyridine rings is 1. The molecule has 0 radical (unpaired) electrons. The topological polar surface area (TPSA) is 78.0 Å². The van der Waals surface area contributed by atoms with E-state index >= 15 is 0 Å². The predicted octanol–water partition coefficient (Wildman–Crippen LogP) is 2.53. The summed E-state index contributed by atoms with van der Waals surface area (Å²) >= 11 is 0. The van der Waals surface area contributed by atoms with E-state index in [4.69, 9.17) is 9.72 Å². The Hall–Kier alpha value is -2.71. The van der Waals surface area contributed by atoms with Crippen molar-refractivity contribution in [3.63, 3.8) is 0 Å². The maximum Gasteiger partial charge on any atom is 0.255 e. The maximum atomic E-state index is 12.9. The van der Waals surface area contributed by atoms with E-state index in [-0.39, 0.29) is 23.9 Å². The van der Waals surface area contributed by atoms with Gasteiger partial charge in [-0.15, -0.1) is 0 Å². The first-order chi connectivity index (χ1) is 16.0. The number of carbonyl (C=O) groups excluding carboxylic acids is 2. The molecule has 1 aromatic heterocycles. The highest BCUT2D eigenvalue weighted by Crippen LogP contribution is 2.31. The number of piperidine rings is 1. The number of likely N-dealkylation sites (N-methyl/N-ethyl adjacent to an activating group) is 1. The number of amides is 2. The molecule has 1 aromatic rings. The zero-order valence-corrected chi connectivity index (χ0v) is 19.9. The highest BCUT2D eigenvalue weighted by Gasteiger charge is 2.29. The van der Waals surface area contributed by atoms with Gasteiger partial charge < -0.3 is 14.5 Å². The van der Waals surface area contributed by atoms with E-state index in [0.29, 0.717) is 12.2 Å². The summed E-state index contributed by atoms with van der Waals surface area (Å²) in [5, 5.41) is 3.22. The molecule has 178 valence electrons. The Labute approximate surface area is 196 Å². The fourth-order valence-electron chi connectivity index (χ4n) is 4.85. The molecule has 0 saturated carbocycles. The lowest BCUT2D eigenvalue weighted by Crippen LogP contribution is -2.48. The lowest BCUT2D eigenvalue weighted by atomic mass is 10.0. The number of anilines is 1. The van der Waals surface area contributed by atoms with Crippen LogP contribution < -0.4 is 10.2 Å². The normalized spacial score (nSPS) is 21.5. The molecule has 1 N–H and O–H groups in total. The summed E-state index contributed by atoms with van der Waals surface area (Å²) in [7, 11) is 3.45. The van der Waals surface area contributed by atoms with Gasteiger partial charge in [-0.05, 0) is 62.9 Å². The molecule has 8 nitrogen and oxygen atoms in total. The highest BCUT2D eigenvalue weighted by molar-refractivity contribution is 5.94. The number of hydrogen-bond acceptors (Lipinski definition) is 6. The van der Waals surface area contributed by atoms with E-state index in [9.17, 15) is 9.59 Å². The molecule has 2 atom stereocenters. The standard InChI is InChI=1S/C25H35N5O3/c1-18(17-33-3)24(31)30-13-9-21(15-22(30)26-2)29-12-7-8-19-14-20(16-27-23(19)29)25(32)28-10-5-4-6-11-28/h9,13-16,18,22,26H,4-8,10-12,17H2,1-3H3. The molecule has 0 spiro atoms. The van der Waals surface area contributed by atoms with E-state index in [1.165, 1.54) is 6.42 Å². The minimum absolute atomic E-state index is 0.0146. The Kier molecular flexibility index (Phi) is 7.45. The number of nitrogens with one attached hydrogen (secondary N) is 1. The van der Waals surface area contributed by atoms with Crippen molar-refractivity contribution in [3.05, 3.63) is 47.4 Å². The van der Waals surface area contributed by atoms with Crippen LogP contribution in [0.15, 0.2) is 36.3 Å². The second kappa shape index (κ2) is 10.5. The first-order valence-electron chi connectivity index (χ1n) is 12.0. The molecular formula is C25H35N5O3. The lowest BCUT2D eigenvalue weighted by molar-refractivity contribution is -0.135. The van der Waals surface area contributed by atoms with Crippen molar-refractivity contribution in [2.45, 2.75) is 45.2 Å². The molecule has 2 unspecified atom stereocenters. The van der Waals surface area contributed by atoms with Crippen LogP contribution in [0.3, 0.4) is 0 Å². The van der Waals surface area contributed by atoms with E-state index in [0.717, 1.165) is 62.4 Å². The van der Waals surface area contributed by atoms with Crippen molar-refractivity contribution in [1.29, 1.82) is 0 Å². The SMILES string of the molecule is CNC1C=C(N2CCCc3cc(C(=O)N4CCCCC4)cnc32)C=CN1C(=O)C(C)COC. The number of ether oxygens (including phenoxy) is 1. The largest absolute Gasteiger partial charge is 0.384 e. The van der Waals surface area contributed by atoms with Gasteiger partial charge in [0.1, 0.15) is 12.0 Å². The van der Waals surface area contributed by atoms with Gasteiger partial charge in [0, 0.05) is 44.8 Å². The van der Waals surface area contributed by atoms with Crippen LogP contribution >= 0.6 is 0 Å². The van der Waals surface area contributed by atoms with Crippen LogP contribution in [-0.2, 0) is 16.0 Å². The van der Waals surface area contributed by atoms with Crippen molar-refractivity contribution < 1.29 is 14.3 Å². The fourth-order valence-corrected chi connectivity index (χ4v) is 4.85. The Morgan fingerprint density at radius 3 is 2.73 bits per heavy atom. The molecule has 3 aliphatic heterocycles. The van der Waals surface area contributed by atoms with Gasteiger partial charge in [0.25, 0.3) is 5.91 Å². The number of methoxy groups -OCH3 is 1. The molecule has 0 aliphatic carbocycles. The van der Waals surface area contributed by atoms with Crippen molar-refractivity contribution in [3.8, 4) is 0 Å². The number of rotatable bonds is 6. The number of aryl methyl sites for hydroxylation is 1. The molecule has 3 aliphatic rings. The molecule has 8 heteroatoms. The third kappa shape index (κ3) is 4.96. The summed E-state index contributed by atoms with van der Waals surface area (Å²) in [5.41, 5.74) is 2.79. The second-order valence-corrected chi connectivity index (χ2v) is 9.06. The minimum Gasteiger partial charge on any atom is -0.384 e. The summed E-state index contributed by atoms with van der Waals surface area (Å²) in [6.45, 7) is 4.78. The van der Waals surface area contributed by atoms with Gasteiger partial charge in [-0.3, -0.25) is 19.8 Å². The number of likely N-dealkylation sites (tertiary alicyclic amines) is 1. The number of aromatic nitrogens is 1. The Morgan fingerprint density at radius 1 is 1.21 bits per heavy atom. The fraction of sp³-hybridized carbons (Fsp3) is 0.560. The molecule has 0 aromatic carbocycles. The molecule has 33 heavy (non-hydrogen) atoms. The Morgan fingerprint density at radius 2 is 2.00 bits per heavy atom. The van der Waals surface area contributed by atoms with Crippen molar-refractivity contribution in [2.75, 3.05) is 45.3 Å². The molecule has 1 fully saturated rings. The summed E-state index contributed by atoms with van der Waals surface area (Å²) in [4.78, 5) is 36.4. The zero-order valence-electron chi connectivity index (χ0n) is 19.9. The highest BCUT2D eigenvalue weighted by atomic mass is 16.5. The van der Waals surface area contributed by atoms with Gasteiger partial charge >= 0.3 is 0 Å². The van der Waals surface area contributed by atoms with Gasteiger partial charge in [-0.2, -0.15) is 0 Å². The van der Waals surface area contributed by atoms with Crippen LogP contribution in [0, 0.1) is 5.92 Å². The van der Waals surface area contributed by atoms with Gasteiger partial charge in [0.2, 0.25) is 5.91 Å². The quantitative estimate of drug-likeness (QED) is 0.713. The van der Waals surface area contributed by atoms with Gasteiger partial charge in [0.05, 0.1) is 18.1 Å². The first-order valence-corrected chi connectivity index (χ1v) is 12.0. The van der Waals surface area contributed by atoms with Crippen LogP contribution in [0.5, 0.6) is 0 Å². The van der Waals surface area contributed by atoms with Crippen LogP contribution in [-0.4, -0.2) is 73.2 Å². The van der Waals surface area contributed by atoms with E-state index in [1.807, 2.05) is 37.2 Å². The van der Waals surface area contributed by atoms with Gasteiger partial charge in [-0.1, -0.05) is 6.92 Å². The molecule has 4 heterocycles. The van der Waals surface area contributed by atoms with Crippen molar-refractivity contribution in [1.82, 2.24) is 20.1 Å². The number of fused-ring (bicyclic) bond motifs is 1. The van der Waals surface area contributed by atoms with Gasteiger partial charge in [-0.25, -0.2) is 4.98 Å². The molecule has 1 saturated heterocycles. The first kappa shape index (κ1) is 23.4. The predicted molar refractivity (Wildman–Crippen MR) is 128 cm³/mol. The van der Waals surface area contributed by atoms with E-state index < -0.39 is 0 Å². The summed E-state index contributed by atoms with van der Waals surface area (Å²) in [5.74, 6) is 0.780. The number of hydrogen-bond donors (Lipinski definition) is 1. The Bertz CT molecular complexity index is 938. The number of carbonyl (C=O) groups is 2. The van der Waals surface area contributed by atoms with Crippen LogP contribution in [0.4, 0.5) is 5.82 Å². The third-order valence-electron chi connectivity index (χ3n) is 6.65. The zero-order chi connectivity index (χ0) is 23.4. The monoisotopic (exact) mass is 453 g/mol. The van der Waals surface area contributed by atoms with E-state index in [1.54, 1.807) is 18.2 Å². The average Bonchev–Trinajstić information content (AvgIpc) is 2.87. The van der Waals surface area contributed by atoms with Crippen LogP contribution in [0.2, 0.25) is 0 Å². The summed E-state index contributed by atoms with van der Waals surface area (Å²) in [6, 6.07) is 2.02. The smallest absolute Gasteiger partial charge is 0.255 e. The summed E-state index contributed by atoms with van der Waals surface area (Å²) in [6.07, 6.45) is 12.6. The molecular weight excluding hydrogens is 418 g/mol. The average molecular weight is 454 g/mol.